The van der Waals surface area contributed by atoms with E-state index in [1.165, 1.54) is 0 Å². The first-order valence-electron chi connectivity index (χ1n) is 8.62. The first-order valence-corrected chi connectivity index (χ1v) is 8.62. The Bertz CT molecular complexity index is 744. The third kappa shape index (κ3) is 3.74. The van der Waals surface area contributed by atoms with Crippen LogP contribution >= 0.6 is 0 Å². The van der Waals surface area contributed by atoms with E-state index in [1.54, 1.807) is 32.4 Å². The summed E-state index contributed by atoms with van der Waals surface area (Å²) in [5, 5.41) is 8.17. The Morgan fingerprint density at radius 1 is 1.04 bits per heavy atom. The lowest BCUT2D eigenvalue weighted by molar-refractivity contribution is 0.0744. The minimum Gasteiger partial charge on any atom is -0.497 e. The van der Waals surface area contributed by atoms with E-state index in [0.29, 0.717) is 55.1 Å². The predicted molar refractivity (Wildman–Crippen MR) is 96.0 cm³/mol. The minimum atomic E-state index is -0.0461. The van der Waals surface area contributed by atoms with Crippen molar-refractivity contribution in [2.75, 3.05) is 45.3 Å². The molecule has 0 unspecified atom stereocenters. The average molecular weight is 360 g/mol. The van der Waals surface area contributed by atoms with Gasteiger partial charge in [-0.3, -0.25) is 4.79 Å². The molecule has 2 aromatic rings. The quantitative estimate of drug-likeness (QED) is 0.808. The van der Waals surface area contributed by atoms with Crippen molar-refractivity contribution in [1.82, 2.24) is 15.1 Å². The van der Waals surface area contributed by atoms with Gasteiger partial charge >= 0.3 is 6.01 Å². The Kier molecular flexibility index (Phi) is 5.29. The molecule has 0 aliphatic carbocycles. The fourth-order valence-corrected chi connectivity index (χ4v) is 2.80. The van der Waals surface area contributed by atoms with Gasteiger partial charge in [0.25, 0.3) is 5.91 Å². The highest BCUT2D eigenvalue weighted by molar-refractivity contribution is 5.95. The van der Waals surface area contributed by atoms with E-state index in [9.17, 15) is 4.79 Å². The molecule has 3 rings (SSSR count). The van der Waals surface area contributed by atoms with Crippen LogP contribution in [0.5, 0.6) is 11.5 Å². The summed E-state index contributed by atoms with van der Waals surface area (Å²) in [6.45, 7) is 6.47. The SMILES string of the molecule is COc1cc(OC)cc(C(=O)N2CCN(c3nnc(C(C)C)o3)CC2)c1. The first kappa shape index (κ1) is 18.0. The number of aromatic nitrogens is 2. The number of hydrogen-bond donors (Lipinski definition) is 0. The maximum atomic E-state index is 12.8. The van der Waals surface area contributed by atoms with Gasteiger partial charge in [0.2, 0.25) is 5.89 Å². The second-order valence-electron chi connectivity index (χ2n) is 6.46. The zero-order chi connectivity index (χ0) is 18.7. The molecule has 1 amide bonds. The number of nitrogens with zero attached hydrogens (tertiary/aromatic N) is 4. The lowest BCUT2D eigenvalue weighted by atomic mass is 10.1. The summed E-state index contributed by atoms with van der Waals surface area (Å²) >= 11 is 0. The minimum absolute atomic E-state index is 0.0461. The highest BCUT2D eigenvalue weighted by Gasteiger charge is 2.26. The Labute approximate surface area is 152 Å². The number of carbonyl (C=O) groups is 1. The van der Waals surface area contributed by atoms with Gasteiger partial charge in [-0.1, -0.05) is 18.9 Å². The number of carbonyl (C=O) groups excluding carboxylic acids is 1. The van der Waals surface area contributed by atoms with Crippen molar-refractivity contribution in [1.29, 1.82) is 0 Å². The molecule has 2 heterocycles. The van der Waals surface area contributed by atoms with Crippen molar-refractivity contribution in [3.05, 3.63) is 29.7 Å². The lowest BCUT2D eigenvalue weighted by Crippen LogP contribution is -2.49. The van der Waals surface area contributed by atoms with Crippen LogP contribution in [0.1, 0.15) is 36.0 Å². The molecule has 0 N–H and O–H groups in total. The van der Waals surface area contributed by atoms with Gasteiger partial charge in [0.05, 0.1) is 14.2 Å². The Morgan fingerprint density at radius 2 is 1.65 bits per heavy atom. The van der Waals surface area contributed by atoms with Crippen LogP contribution in [0.2, 0.25) is 0 Å². The van der Waals surface area contributed by atoms with Crippen LogP contribution in [0.4, 0.5) is 6.01 Å². The number of piperazine rings is 1. The molecule has 1 aromatic carbocycles. The van der Waals surface area contributed by atoms with E-state index in [0.717, 1.165) is 0 Å². The molecule has 140 valence electrons. The van der Waals surface area contributed by atoms with E-state index < -0.39 is 0 Å². The smallest absolute Gasteiger partial charge is 0.318 e. The molecule has 8 heteroatoms. The van der Waals surface area contributed by atoms with Crippen LogP contribution in [0.15, 0.2) is 22.6 Å². The summed E-state index contributed by atoms with van der Waals surface area (Å²) in [6.07, 6.45) is 0. The van der Waals surface area contributed by atoms with E-state index in [1.807, 2.05) is 23.6 Å². The van der Waals surface area contributed by atoms with E-state index >= 15 is 0 Å². The molecule has 0 bridgehead atoms. The third-order valence-corrected chi connectivity index (χ3v) is 4.36. The predicted octanol–water partition coefficient (Wildman–Crippen LogP) is 2.17. The first-order chi connectivity index (χ1) is 12.5. The summed E-state index contributed by atoms with van der Waals surface area (Å²) in [4.78, 5) is 16.6. The number of ether oxygens (including phenoxy) is 2. The van der Waals surface area contributed by atoms with Crippen LogP contribution in [0.3, 0.4) is 0 Å². The normalized spacial score (nSPS) is 14.7. The van der Waals surface area contributed by atoms with Crippen LogP contribution < -0.4 is 14.4 Å². The van der Waals surface area contributed by atoms with Crippen LogP contribution in [-0.4, -0.2) is 61.4 Å². The van der Waals surface area contributed by atoms with Crippen molar-refractivity contribution in [2.24, 2.45) is 0 Å². The number of benzene rings is 1. The standard InChI is InChI=1S/C18H24N4O4/c1-12(2)16-19-20-18(26-16)22-7-5-21(6-8-22)17(23)13-9-14(24-3)11-15(10-13)25-4/h9-12H,5-8H2,1-4H3. The Morgan fingerprint density at radius 3 is 2.15 bits per heavy atom. The molecular weight excluding hydrogens is 336 g/mol. The van der Waals surface area contributed by atoms with E-state index in [-0.39, 0.29) is 11.8 Å². The van der Waals surface area contributed by atoms with E-state index in [2.05, 4.69) is 10.2 Å². The summed E-state index contributed by atoms with van der Waals surface area (Å²) < 4.78 is 16.2. The highest BCUT2D eigenvalue weighted by atomic mass is 16.5. The van der Waals surface area contributed by atoms with Crippen LogP contribution in [-0.2, 0) is 0 Å². The monoisotopic (exact) mass is 360 g/mol. The topological polar surface area (TPSA) is 80.9 Å². The van der Waals surface area contributed by atoms with Gasteiger partial charge in [0, 0.05) is 43.7 Å². The number of anilines is 1. The summed E-state index contributed by atoms with van der Waals surface area (Å²) in [5.74, 6) is 1.97. The van der Waals surface area contributed by atoms with Gasteiger partial charge in [-0.15, -0.1) is 5.10 Å². The number of amides is 1. The molecule has 8 nitrogen and oxygen atoms in total. The highest BCUT2D eigenvalue weighted by Crippen LogP contribution is 2.24. The van der Waals surface area contributed by atoms with Gasteiger partial charge in [0.1, 0.15) is 11.5 Å². The van der Waals surface area contributed by atoms with Gasteiger partial charge in [-0.05, 0) is 12.1 Å². The largest absolute Gasteiger partial charge is 0.497 e. The molecule has 0 spiro atoms. The fraction of sp³-hybridized carbons (Fsp3) is 0.500. The summed E-state index contributed by atoms with van der Waals surface area (Å²) in [7, 11) is 3.13. The molecule has 1 saturated heterocycles. The Balaban J connectivity index is 1.66. The van der Waals surface area contributed by atoms with Crippen molar-refractivity contribution < 1.29 is 18.7 Å². The van der Waals surface area contributed by atoms with Gasteiger partial charge in [-0.2, -0.15) is 0 Å². The van der Waals surface area contributed by atoms with Gasteiger partial charge < -0.3 is 23.7 Å². The maximum absolute atomic E-state index is 12.8. The molecule has 0 atom stereocenters. The van der Waals surface area contributed by atoms with E-state index in [4.69, 9.17) is 13.9 Å². The summed E-state index contributed by atoms with van der Waals surface area (Å²) in [5.41, 5.74) is 0.550. The zero-order valence-electron chi connectivity index (χ0n) is 15.6. The van der Waals surface area contributed by atoms with Crippen LogP contribution in [0.25, 0.3) is 0 Å². The molecular formula is C18H24N4O4. The fourth-order valence-electron chi connectivity index (χ4n) is 2.80. The van der Waals surface area contributed by atoms with Crippen molar-refractivity contribution in [2.45, 2.75) is 19.8 Å². The zero-order valence-corrected chi connectivity index (χ0v) is 15.6. The van der Waals surface area contributed by atoms with Crippen LogP contribution in [0, 0.1) is 0 Å². The molecule has 26 heavy (non-hydrogen) atoms. The second kappa shape index (κ2) is 7.63. The van der Waals surface area contributed by atoms with Crippen molar-refractivity contribution in [3.8, 4) is 11.5 Å². The van der Waals surface area contributed by atoms with Gasteiger partial charge in [-0.25, -0.2) is 0 Å². The molecule has 1 aliphatic heterocycles. The maximum Gasteiger partial charge on any atom is 0.318 e. The molecule has 1 aromatic heterocycles. The second-order valence-corrected chi connectivity index (χ2v) is 6.46. The number of methoxy groups -OCH3 is 2. The third-order valence-electron chi connectivity index (χ3n) is 4.36. The van der Waals surface area contributed by atoms with Crippen molar-refractivity contribution in [3.63, 3.8) is 0 Å². The molecule has 0 radical (unpaired) electrons. The Hall–Kier alpha value is -2.77. The number of rotatable bonds is 5. The molecule has 1 fully saturated rings. The van der Waals surface area contributed by atoms with Gasteiger partial charge in [0.15, 0.2) is 0 Å². The lowest BCUT2D eigenvalue weighted by Gasteiger charge is -2.33. The average Bonchev–Trinajstić information content (AvgIpc) is 3.17. The number of hydrogen-bond acceptors (Lipinski definition) is 7. The summed E-state index contributed by atoms with van der Waals surface area (Å²) in [6, 6.07) is 5.72. The molecule has 0 saturated carbocycles. The van der Waals surface area contributed by atoms with Crippen molar-refractivity contribution >= 4 is 11.9 Å². The molecule has 1 aliphatic rings.